The molecule has 1 aliphatic heterocycles. The van der Waals surface area contributed by atoms with Crippen LogP contribution >= 0.6 is 0 Å². The summed E-state index contributed by atoms with van der Waals surface area (Å²) in [6.07, 6.45) is 5.23. The first-order chi connectivity index (χ1) is 10.6. The summed E-state index contributed by atoms with van der Waals surface area (Å²) in [5.74, 6) is -0.0259. The highest BCUT2D eigenvalue weighted by molar-refractivity contribution is 5.91. The van der Waals surface area contributed by atoms with Gasteiger partial charge in [0.25, 0.3) is 0 Å². The van der Waals surface area contributed by atoms with Gasteiger partial charge in [-0.15, -0.1) is 0 Å². The number of aromatic nitrogens is 1. The van der Waals surface area contributed by atoms with Gasteiger partial charge in [-0.2, -0.15) is 0 Å². The third kappa shape index (κ3) is 3.18. The summed E-state index contributed by atoms with van der Waals surface area (Å²) < 4.78 is 13.4. The van der Waals surface area contributed by atoms with Crippen LogP contribution in [0.1, 0.15) is 25.7 Å². The number of halogens is 1. The number of anilines is 1. The quantitative estimate of drug-likeness (QED) is 0.944. The number of hydrogen-bond acceptors (Lipinski definition) is 3. The molecule has 0 radical (unpaired) electrons. The topological polar surface area (TPSA) is 59.2 Å². The molecule has 5 heteroatoms. The molecule has 2 heterocycles. The van der Waals surface area contributed by atoms with Crippen molar-refractivity contribution in [3.05, 3.63) is 36.3 Å². The van der Waals surface area contributed by atoms with Gasteiger partial charge in [0.2, 0.25) is 5.91 Å². The molecule has 2 N–H and O–H groups in total. The van der Waals surface area contributed by atoms with Crippen molar-refractivity contribution in [2.24, 2.45) is 11.7 Å². The van der Waals surface area contributed by atoms with Crippen LogP contribution in [0.5, 0.6) is 0 Å². The Morgan fingerprint density at radius 2 is 2.27 bits per heavy atom. The summed E-state index contributed by atoms with van der Waals surface area (Å²) in [5.41, 5.74) is 7.02. The van der Waals surface area contributed by atoms with E-state index in [0.717, 1.165) is 43.4 Å². The highest BCUT2D eigenvalue weighted by Gasteiger charge is 2.21. The molecule has 0 saturated carbocycles. The van der Waals surface area contributed by atoms with Crippen molar-refractivity contribution in [1.29, 1.82) is 0 Å². The van der Waals surface area contributed by atoms with Crippen molar-refractivity contribution in [1.82, 2.24) is 4.98 Å². The minimum atomic E-state index is -0.268. The molecule has 4 nitrogen and oxygen atoms in total. The maximum atomic E-state index is 13.4. The Labute approximate surface area is 129 Å². The molecular weight excluding hydrogens is 281 g/mol. The highest BCUT2D eigenvalue weighted by atomic mass is 19.1. The van der Waals surface area contributed by atoms with Gasteiger partial charge in [-0.3, -0.25) is 9.78 Å². The predicted molar refractivity (Wildman–Crippen MR) is 85.1 cm³/mol. The number of fused-ring (bicyclic) bond motifs is 1. The number of piperidine rings is 1. The highest BCUT2D eigenvalue weighted by Crippen LogP contribution is 2.30. The lowest BCUT2D eigenvalue weighted by Gasteiger charge is -2.35. The Morgan fingerprint density at radius 1 is 1.41 bits per heavy atom. The van der Waals surface area contributed by atoms with Gasteiger partial charge in [-0.05, 0) is 43.4 Å². The summed E-state index contributed by atoms with van der Waals surface area (Å²) in [6, 6.07) is 6.71. The average molecular weight is 301 g/mol. The number of benzene rings is 1. The molecule has 2 aromatic rings. The monoisotopic (exact) mass is 301 g/mol. The van der Waals surface area contributed by atoms with Crippen LogP contribution in [-0.2, 0) is 4.79 Å². The van der Waals surface area contributed by atoms with Gasteiger partial charge in [-0.1, -0.05) is 0 Å². The minimum Gasteiger partial charge on any atom is -0.371 e. The third-order valence-electron chi connectivity index (χ3n) is 4.34. The lowest BCUT2D eigenvalue weighted by atomic mass is 9.92. The molecule has 1 saturated heterocycles. The molecule has 1 atom stereocenters. The maximum Gasteiger partial charge on any atom is 0.217 e. The average Bonchev–Trinajstić information content (AvgIpc) is 2.52. The largest absolute Gasteiger partial charge is 0.371 e. The van der Waals surface area contributed by atoms with Crippen LogP contribution in [0.2, 0.25) is 0 Å². The number of nitrogens with two attached hydrogens (primary N) is 1. The Morgan fingerprint density at radius 3 is 3.09 bits per heavy atom. The zero-order valence-electron chi connectivity index (χ0n) is 12.5. The second kappa shape index (κ2) is 6.30. The second-order valence-corrected chi connectivity index (χ2v) is 5.95. The normalized spacial score (nSPS) is 18.6. The maximum absolute atomic E-state index is 13.4. The zero-order chi connectivity index (χ0) is 15.5. The number of nitrogens with zero attached hydrogens (tertiary/aromatic N) is 2. The molecule has 3 rings (SSSR count). The van der Waals surface area contributed by atoms with Crippen LogP contribution in [0.3, 0.4) is 0 Å². The van der Waals surface area contributed by atoms with Crippen LogP contribution in [0.4, 0.5) is 10.1 Å². The van der Waals surface area contributed by atoms with E-state index in [1.165, 1.54) is 12.1 Å². The van der Waals surface area contributed by atoms with Crippen molar-refractivity contribution >= 4 is 22.5 Å². The number of rotatable bonds is 4. The fraction of sp³-hybridized carbons (Fsp3) is 0.412. The van der Waals surface area contributed by atoms with E-state index in [0.29, 0.717) is 17.9 Å². The van der Waals surface area contributed by atoms with Gasteiger partial charge in [0.1, 0.15) is 5.82 Å². The minimum absolute atomic E-state index is 0.234. The Balaban J connectivity index is 1.82. The number of amides is 1. The van der Waals surface area contributed by atoms with Gasteiger partial charge in [0.15, 0.2) is 0 Å². The van der Waals surface area contributed by atoms with Crippen LogP contribution in [0.15, 0.2) is 30.5 Å². The lowest BCUT2D eigenvalue weighted by Crippen LogP contribution is -2.36. The molecule has 1 aromatic carbocycles. The van der Waals surface area contributed by atoms with Gasteiger partial charge in [-0.25, -0.2) is 4.39 Å². The number of hydrogen-bond donors (Lipinski definition) is 1. The van der Waals surface area contributed by atoms with E-state index in [4.69, 9.17) is 5.73 Å². The van der Waals surface area contributed by atoms with Crippen LogP contribution < -0.4 is 10.6 Å². The van der Waals surface area contributed by atoms with Crippen molar-refractivity contribution in [3.8, 4) is 0 Å². The third-order valence-corrected chi connectivity index (χ3v) is 4.34. The van der Waals surface area contributed by atoms with E-state index in [1.54, 1.807) is 12.3 Å². The van der Waals surface area contributed by atoms with E-state index in [9.17, 15) is 9.18 Å². The first-order valence-corrected chi connectivity index (χ1v) is 7.71. The van der Waals surface area contributed by atoms with Gasteiger partial charge < -0.3 is 10.6 Å². The Bertz CT molecular complexity index is 689. The van der Waals surface area contributed by atoms with Crippen LogP contribution in [0, 0.1) is 11.7 Å². The molecule has 0 unspecified atom stereocenters. The first-order valence-electron chi connectivity index (χ1n) is 7.71. The van der Waals surface area contributed by atoms with Crippen LogP contribution in [0.25, 0.3) is 10.9 Å². The van der Waals surface area contributed by atoms with Crippen LogP contribution in [-0.4, -0.2) is 24.0 Å². The van der Waals surface area contributed by atoms with E-state index < -0.39 is 0 Å². The van der Waals surface area contributed by atoms with E-state index in [-0.39, 0.29) is 11.7 Å². The number of pyridine rings is 1. The first kappa shape index (κ1) is 14.8. The summed E-state index contributed by atoms with van der Waals surface area (Å²) in [5, 5.41) is 0.972. The second-order valence-electron chi connectivity index (χ2n) is 5.95. The summed E-state index contributed by atoms with van der Waals surface area (Å²) in [4.78, 5) is 17.5. The number of primary amides is 1. The molecule has 116 valence electrons. The summed E-state index contributed by atoms with van der Waals surface area (Å²) in [7, 11) is 0. The van der Waals surface area contributed by atoms with Gasteiger partial charge in [0, 0.05) is 42.8 Å². The van der Waals surface area contributed by atoms with Crippen molar-refractivity contribution in [2.45, 2.75) is 25.7 Å². The zero-order valence-corrected chi connectivity index (χ0v) is 12.5. The van der Waals surface area contributed by atoms with Gasteiger partial charge >= 0.3 is 0 Å². The predicted octanol–water partition coefficient (Wildman–Crippen LogP) is 2.86. The summed E-state index contributed by atoms with van der Waals surface area (Å²) >= 11 is 0. The smallest absolute Gasteiger partial charge is 0.217 e. The van der Waals surface area contributed by atoms with Crippen molar-refractivity contribution in [2.75, 3.05) is 18.0 Å². The molecule has 1 amide bonds. The molecule has 0 aliphatic carbocycles. The molecule has 1 aromatic heterocycles. The van der Waals surface area contributed by atoms with Gasteiger partial charge in [0.05, 0.1) is 5.52 Å². The van der Waals surface area contributed by atoms with E-state index >= 15 is 0 Å². The molecule has 22 heavy (non-hydrogen) atoms. The molecule has 1 fully saturated rings. The van der Waals surface area contributed by atoms with Crippen molar-refractivity contribution in [3.63, 3.8) is 0 Å². The molecule has 1 aliphatic rings. The molecular formula is C17H20FN3O. The standard InChI is InChI=1S/C17H20FN3O/c18-13-4-5-14-15(10-13)20-8-7-16(14)21-9-1-2-12(11-21)3-6-17(19)22/h4-5,7-8,10,12H,1-3,6,9,11H2,(H2,19,22)/t12-/m1/s1. The lowest BCUT2D eigenvalue weighted by molar-refractivity contribution is -0.118. The Hall–Kier alpha value is -2.17. The fourth-order valence-corrected chi connectivity index (χ4v) is 3.25. The number of carbonyl (C=O) groups is 1. The summed E-state index contributed by atoms with van der Waals surface area (Å²) in [6.45, 7) is 1.88. The Kier molecular flexibility index (Phi) is 4.22. The molecule has 0 spiro atoms. The fourth-order valence-electron chi connectivity index (χ4n) is 3.25. The SMILES string of the molecule is NC(=O)CC[C@H]1CCCN(c2ccnc3cc(F)ccc23)C1. The number of carbonyl (C=O) groups excluding carboxylic acids is 1. The van der Waals surface area contributed by atoms with E-state index in [1.807, 2.05) is 6.07 Å². The van der Waals surface area contributed by atoms with E-state index in [2.05, 4.69) is 9.88 Å². The molecule has 0 bridgehead atoms. The van der Waals surface area contributed by atoms with Crippen molar-refractivity contribution < 1.29 is 9.18 Å².